The number of ether oxygens (including phenoxy) is 2. The van der Waals surface area contributed by atoms with E-state index in [-0.39, 0.29) is 24.8 Å². The highest BCUT2D eigenvalue weighted by Gasteiger charge is 2.13. The Morgan fingerprint density at radius 2 is 1.62 bits per heavy atom. The molecular weight excluding hydrogens is 559 g/mol. The van der Waals surface area contributed by atoms with Crippen molar-refractivity contribution in [2.75, 3.05) is 33.3 Å². The molecular formula is C26H40BrCl3N2O2. The third kappa shape index (κ3) is 11.8. The van der Waals surface area contributed by atoms with Crippen LogP contribution in [0.15, 0.2) is 40.9 Å². The zero-order valence-electron chi connectivity index (χ0n) is 20.6. The smallest absolute Gasteiger partial charge is 0.175 e. The lowest BCUT2D eigenvalue weighted by molar-refractivity contribution is 0.261. The Balaban J connectivity index is 0.00000544. The number of benzene rings is 2. The molecule has 0 unspecified atom stereocenters. The van der Waals surface area contributed by atoms with Gasteiger partial charge in [0.2, 0.25) is 0 Å². The molecule has 4 nitrogen and oxygen atoms in total. The van der Waals surface area contributed by atoms with Gasteiger partial charge in [0.25, 0.3) is 0 Å². The highest BCUT2D eigenvalue weighted by Crippen LogP contribution is 2.37. The summed E-state index contributed by atoms with van der Waals surface area (Å²) in [5, 5.41) is 4.27. The molecule has 0 aliphatic carbocycles. The van der Waals surface area contributed by atoms with E-state index in [1.165, 1.54) is 38.8 Å². The van der Waals surface area contributed by atoms with Gasteiger partial charge < -0.3 is 19.7 Å². The van der Waals surface area contributed by atoms with E-state index in [2.05, 4.69) is 46.1 Å². The summed E-state index contributed by atoms with van der Waals surface area (Å²) in [5.74, 6) is 1.41. The van der Waals surface area contributed by atoms with Gasteiger partial charge in [0.15, 0.2) is 11.5 Å². The summed E-state index contributed by atoms with van der Waals surface area (Å²) >= 11 is 9.90. The van der Waals surface area contributed by atoms with Crippen LogP contribution in [0.25, 0.3) is 0 Å². The minimum Gasteiger partial charge on any atom is -0.493 e. The van der Waals surface area contributed by atoms with Crippen LogP contribution in [0.1, 0.15) is 57.1 Å². The number of hydrogen-bond donors (Lipinski definition) is 1. The Bertz CT molecular complexity index is 804. The summed E-state index contributed by atoms with van der Waals surface area (Å²) in [7, 11) is 1.67. The number of halogens is 4. The van der Waals surface area contributed by atoms with E-state index in [0.29, 0.717) is 23.1 Å². The van der Waals surface area contributed by atoms with Crippen molar-refractivity contribution in [2.45, 2.75) is 59.1 Å². The molecule has 2 aromatic carbocycles. The molecule has 8 heteroatoms. The summed E-state index contributed by atoms with van der Waals surface area (Å²) in [6.45, 7) is 10.3. The van der Waals surface area contributed by atoms with Crippen LogP contribution in [0, 0.1) is 0 Å². The average Bonchev–Trinajstić information content (AvgIpc) is 2.80. The SMILES string of the molecule is CCCCN(CCCC)CCCNCc1cc(Br)c(OCc2ccccc2Cl)c(OC)c1.Cl.Cl. The average molecular weight is 599 g/mol. The van der Waals surface area contributed by atoms with Crippen LogP contribution in [0.3, 0.4) is 0 Å². The standard InChI is InChI=1S/C26H38BrClN2O2.2ClH/c1-4-6-14-30(15-7-5-2)16-10-13-29-19-21-17-23(27)26(25(18-21)31-3)32-20-22-11-8-9-12-24(22)28;;/h8-9,11-12,17-18,29H,4-7,10,13-16,19-20H2,1-3H3;2*1H. The first-order valence-electron chi connectivity index (χ1n) is 11.7. The lowest BCUT2D eigenvalue weighted by atomic mass is 10.2. The topological polar surface area (TPSA) is 33.7 Å². The van der Waals surface area contributed by atoms with Gasteiger partial charge in [-0.3, -0.25) is 0 Å². The molecule has 0 spiro atoms. The first kappa shape index (κ1) is 33.3. The molecule has 0 saturated heterocycles. The van der Waals surface area contributed by atoms with Gasteiger partial charge >= 0.3 is 0 Å². The predicted octanol–water partition coefficient (Wildman–Crippen LogP) is 7.92. The van der Waals surface area contributed by atoms with Crippen molar-refractivity contribution in [3.05, 3.63) is 57.0 Å². The molecule has 0 fully saturated rings. The Morgan fingerprint density at radius 1 is 0.971 bits per heavy atom. The number of methoxy groups -OCH3 is 1. The number of hydrogen-bond acceptors (Lipinski definition) is 4. The Labute approximate surface area is 232 Å². The first-order chi connectivity index (χ1) is 15.6. The molecule has 2 rings (SSSR count). The summed E-state index contributed by atoms with van der Waals surface area (Å²) in [5.41, 5.74) is 2.11. The van der Waals surface area contributed by atoms with Crippen LogP contribution < -0.4 is 14.8 Å². The fraction of sp³-hybridized carbons (Fsp3) is 0.538. The van der Waals surface area contributed by atoms with Crippen molar-refractivity contribution in [1.82, 2.24) is 10.2 Å². The second-order valence-electron chi connectivity index (χ2n) is 8.07. The predicted molar refractivity (Wildman–Crippen MR) is 154 cm³/mol. The van der Waals surface area contributed by atoms with E-state index in [9.17, 15) is 0 Å². The van der Waals surface area contributed by atoms with Gasteiger partial charge in [-0.2, -0.15) is 0 Å². The van der Waals surface area contributed by atoms with Crippen molar-refractivity contribution < 1.29 is 9.47 Å². The molecule has 0 aromatic heterocycles. The third-order valence-corrected chi connectivity index (χ3v) is 6.39. The molecule has 0 radical (unpaired) electrons. The first-order valence-corrected chi connectivity index (χ1v) is 12.9. The summed E-state index contributed by atoms with van der Waals surface area (Å²) < 4.78 is 12.5. The van der Waals surface area contributed by atoms with Gasteiger partial charge in [-0.05, 0) is 85.1 Å². The maximum absolute atomic E-state index is 6.25. The fourth-order valence-electron chi connectivity index (χ4n) is 3.54. The molecule has 0 bridgehead atoms. The minimum atomic E-state index is 0. The molecule has 0 aliphatic rings. The molecule has 34 heavy (non-hydrogen) atoms. The number of nitrogens with one attached hydrogen (secondary N) is 1. The van der Waals surface area contributed by atoms with Gasteiger partial charge in [0.1, 0.15) is 6.61 Å². The quantitative estimate of drug-likeness (QED) is 0.199. The third-order valence-electron chi connectivity index (χ3n) is 5.43. The Kier molecular flexibility index (Phi) is 19.1. The normalized spacial score (nSPS) is 10.5. The van der Waals surface area contributed by atoms with E-state index < -0.39 is 0 Å². The zero-order valence-corrected chi connectivity index (χ0v) is 24.6. The lowest BCUT2D eigenvalue weighted by Crippen LogP contribution is -2.29. The molecule has 0 heterocycles. The zero-order chi connectivity index (χ0) is 23.2. The van der Waals surface area contributed by atoms with Gasteiger partial charge in [-0.25, -0.2) is 0 Å². The van der Waals surface area contributed by atoms with Crippen molar-refractivity contribution in [2.24, 2.45) is 0 Å². The van der Waals surface area contributed by atoms with Crippen LogP contribution in [0.2, 0.25) is 5.02 Å². The molecule has 0 amide bonds. The lowest BCUT2D eigenvalue weighted by Gasteiger charge is -2.22. The van der Waals surface area contributed by atoms with Crippen LogP contribution in [-0.2, 0) is 13.2 Å². The van der Waals surface area contributed by atoms with E-state index >= 15 is 0 Å². The van der Waals surface area contributed by atoms with Crippen molar-refractivity contribution >= 4 is 52.3 Å². The molecule has 2 aromatic rings. The summed E-state index contributed by atoms with van der Waals surface area (Å²) in [4.78, 5) is 2.61. The maximum Gasteiger partial charge on any atom is 0.175 e. The fourth-order valence-corrected chi connectivity index (χ4v) is 4.33. The molecule has 0 saturated carbocycles. The van der Waals surface area contributed by atoms with Crippen LogP contribution in [0.4, 0.5) is 0 Å². The summed E-state index contributed by atoms with van der Waals surface area (Å²) in [6.07, 6.45) is 6.25. The van der Waals surface area contributed by atoms with Gasteiger partial charge in [-0.1, -0.05) is 56.5 Å². The monoisotopic (exact) mass is 596 g/mol. The van der Waals surface area contributed by atoms with Crippen LogP contribution >= 0.6 is 52.3 Å². The van der Waals surface area contributed by atoms with Gasteiger partial charge in [0.05, 0.1) is 11.6 Å². The molecule has 0 atom stereocenters. The molecule has 194 valence electrons. The van der Waals surface area contributed by atoms with Gasteiger partial charge in [0, 0.05) is 17.1 Å². The van der Waals surface area contributed by atoms with E-state index in [4.69, 9.17) is 21.1 Å². The second kappa shape index (κ2) is 19.5. The minimum absolute atomic E-state index is 0. The van der Waals surface area contributed by atoms with E-state index in [0.717, 1.165) is 41.7 Å². The number of unbranched alkanes of at least 4 members (excludes halogenated alkanes) is 2. The van der Waals surface area contributed by atoms with E-state index in [1.807, 2.05) is 30.3 Å². The maximum atomic E-state index is 6.25. The number of rotatable bonds is 16. The van der Waals surface area contributed by atoms with Crippen molar-refractivity contribution in [3.8, 4) is 11.5 Å². The Morgan fingerprint density at radius 3 is 2.24 bits per heavy atom. The highest BCUT2D eigenvalue weighted by atomic mass is 79.9. The summed E-state index contributed by atoms with van der Waals surface area (Å²) in [6, 6.07) is 11.8. The van der Waals surface area contributed by atoms with Crippen LogP contribution in [-0.4, -0.2) is 38.2 Å². The van der Waals surface area contributed by atoms with Gasteiger partial charge in [-0.15, -0.1) is 24.8 Å². The highest BCUT2D eigenvalue weighted by molar-refractivity contribution is 9.10. The van der Waals surface area contributed by atoms with Crippen molar-refractivity contribution in [3.63, 3.8) is 0 Å². The van der Waals surface area contributed by atoms with E-state index in [1.54, 1.807) is 7.11 Å². The van der Waals surface area contributed by atoms with Crippen LogP contribution in [0.5, 0.6) is 11.5 Å². The molecule has 1 N–H and O–H groups in total. The Hall–Kier alpha value is -0.690. The second-order valence-corrected chi connectivity index (χ2v) is 9.33. The largest absolute Gasteiger partial charge is 0.493 e. The molecule has 0 aliphatic heterocycles. The van der Waals surface area contributed by atoms with Crippen molar-refractivity contribution in [1.29, 1.82) is 0 Å². The number of nitrogens with zero attached hydrogens (tertiary/aromatic N) is 1.